The van der Waals surface area contributed by atoms with E-state index in [1.807, 2.05) is 25.7 Å². The summed E-state index contributed by atoms with van der Waals surface area (Å²) >= 11 is 0. The van der Waals surface area contributed by atoms with E-state index in [0.717, 1.165) is 51.9 Å². The molecular weight excluding hydrogens is 280 g/mol. The maximum absolute atomic E-state index is 12.0. The molecule has 0 aromatic carbocycles. The summed E-state index contributed by atoms with van der Waals surface area (Å²) in [5, 5.41) is 12.2. The average Bonchev–Trinajstić information content (AvgIpc) is 2.45. The van der Waals surface area contributed by atoms with Crippen LogP contribution in [0.4, 0.5) is 4.79 Å². The van der Waals surface area contributed by atoms with E-state index < -0.39 is 5.60 Å². The summed E-state index contributed by atoms with van der Waals surface area (Å²) in [5.74, 6) is 0.663. The van der Waals surface area contributed by atoms with Crippen LogP contribution in [0, 0.1) is 5.92 Å². The Labute approximate surface area is 135 Å². The lowest BCUT2D eigenvalue weighted by molar-refractivity contribution is 0.0184. The summed E-state index contributed by atoms with van der Waals surface area (Å²) in [5.41, 5.74) is -0.411. The zero-order chi connectivity index (χ0) is 16.4. The number of unbranched alkanes of at least 4 members (excludes halogenated alkanes) is 3. The quantitative estimate of drug-likeness (QED) is 0.676. The highest BCUT2D eigenvalue weighted by molar-refractivity contribution is 5.68. The number of nitrogens with zero attached hydrogens (tertiary/aromatic N) is 1. The normalized spacial score (nSPS) is 16.8. The lowest BCUT2D eigenvalue weighted by Gasteiger charge is -2.33. The zero-order valence-corrected chi connectivity index (χ0v) is 14.6. The summed E-state index contributed by atoms with van der Waals surface area (Å²) in [6.07, 6.45) is 6.33. The maximum Gasteiger partial charge on any atom is 0.410 e. The Balaban J connectivity index is 2.06. The molecule has 130 valence electrons. The lowest BCUT2D eigenvalue weighted by atomic mass is 9.97. The molecule has 1 heterocycles. The third-order valence-corrected chi connectivity index (χ3v) is 3.96. The van der Waals surface area contributed by atoms with E-state index >= 15 is 0 Å². The topological polar surface area (TPSA) is 61.8 Å². The molecule has 0 unspecified atom stereocenters. The number of likely N-dealkylation sites (tertiary alicyclic amines) is 1. The van der Waals surface area contributed by atoms with Crippen molar-refractivity contribution in [1.82, 2.24) is 10.2 Å². The Morgan fingerprint density at radius 2 is 1.82 bits per heavy atom. The van der Waals surface area contributed by atoms with Gasteiger partial charge in [-0.3, -0.25) is 0 Å². The highest BCUT2D eigenvalue weighted by Gasteiger charge is 2.26. The molecule has 0 aromatic heterocycles. The fourth-order valence-corrected chi connectivity index (χ4v) is 2.67. The molecule has 0 aliphatic carbocycles. The van der Waals surface area contributed by atoms with Crippen molar-refractivity contribution in [2.24, 2.45) is 5.92 Å². The van der Waals surface area contributed by atoms with Crippen molar-refractivity contribution in [2.75, 3.05) is 32.8 Å². The first kappa shape index (κ1) is 19.2. The number of carbonyl (C=O) groups is 1. The van der Waals surface area contributed by atoms with Crippen LogP contribution in [0.15, 0.2) is 0 Å². The fraction of sp³-hybridized carbons (Fsp3) is 0.941. The summed E-state index contributed by atoms with van der Waals surface area (Å²) in [7, 11) is 0. The summed E-state index contributed by atoms with van der Waals surface area (Å²) in [6.45, 7) is 9.73. The molecule has 2 N–H and O–H groups in total. The van der Waals surface area contributed by atoms with E-state index in [-0.39, 0.29) is 6.09 Å². The number of hydrogen-bond donors (Lipinski definition) is 2. The first-order valence-electron chi connectivity index (χ1n) is 8.72. The average molecular weight is 314 g/mol. The van der Waals surface area contributed by atoms with Crippen LogP contribution < -0.4 is 5.32 Å². The van der Waals surface area contributed by atoms with Gasteiger partial charge in [-0.1, -0.05) is 12.8 Å². The van der Waals surface area contributed by atoms with Gasteiger partial charge < -0.3 is 20.1 Å². The number of amides is 1. The van der Waals surface area contributed by atoms with Gasteiger partial charge in [-0.25, -0.2) is 4.79 Å². The molecule has 0 spiro atoms. The highest BCUT2D eigenvalue weighted by atomic mass is 16.6. The van der Waals surface area contributed by atoms with Gasteiger partial charge in [0.1, 0.15) is 5.60 Å². The van der Waals surface area contributed by atoms with Gasteiger partial charge in [-0.05, 0) is 65.5 Å². The predicted octanol–water partition coefficient (Wildman–Crippen LogP) is 2.78. The number of nitrogens with one attached hydrogen (secondary N) is 1. The van der Waals surface area contributed by atoms with Crippen LogP contribution in [-0.2, 0) is 4.74 Å². The number of aliphatic hydroxyl groups excluding tert-OH is 1. The molecule has 1 amide bonds. The van der Waals surface area contributed by atoms with E-state index in [9.17, 15) is 4.79 Å². The second-order valence-corrected chi connectivity index (χ2v) is 7.25. The minimum Gasteiger partial charge on any atom is -0.444 e. The van der Waals surface area contributed by atoms with E-state index in [0.29, 0.717) is 12.5 Å². The third kappa shape index (κ3) is 8.59. The Morgan fingerprint density at radius 1 is 1.18 bits per heavy atom. The van der Waals surface area contributed by atoms with Crippen molar-refractivity contribution in [3.63, 3.8) is 0 Å². The van der Waals surface area contributed by atoms with Gasteiger partial charge in [-0.15, -0.1) is 0 Å². The number of aliphatic hydroxyl groups is 1. The van der Waals surface area contributed by atoms with Gasteiger partial charge in [0, 0.05) is 19.7 Å². The second kappa shape index (κ2) is 10.1. The van der Waals surface area contributed by atoms with Gasteiger partial charge in [0.15, 0.2) is 0 Å². The molecule has 1 aliphatic rings. The van der Waals surface area contributed by atoms with Crippen LogP contribution in [-0.4, -0.2) is 54.5 Å². The summed E-state index contributed by atoms with van der Waals surface area (Å²) < 4.78 is 5.41. The largest absolute Gasteiger partial charge is 0.444 e. The van der Waals surface area contributed by atoms with Crippen molar-refractivity contribution < 1.29 is 14.6 Å². The standard InChI is InChI=1S/C17H34N2O3/c1-17(2,3)22-16(21)19-11-8-15(9-12-19)14-18-10-6-4-5-7-13-20/h15,18,20H,4-14H2,1-3H3. The molecule has 0 saturated carbocycles. The maximum atomic E-state index is 12.0. The van der Waals surface area contributed by atoms with Crippen molar-refractivity contribution in [3.8, 4) is 0 Å². The summed E-state index contributed by atoms with van der Waals surface area (Å²) in [4.78, 5) is 13.8. The van der Waals surface area contributed by atoms with Crippen molar-refractivity contribution in [2.45, 2.75) is 64.9 Å². The molecule has 0 bridgehead atoms. The predicted molar refractivity (Wildman–Crippen MR) is 89.0 cm³/mol. The van der Waals surface area contributed by atoms with Crippen LogP contribution in [0.5, 0.6) is 0 Å². The molecule has 0 radical (unpaired) electrons. The van der Waals surface area contributed by atoms with E-state index in [1.54, 1.807) is 0 Å². The van der Waals surface area contributed by atoms with E-state index in [4.69, 9.17) is 9.84 Å². The monoisotopic (exact) mass is 314 g/mol. The molecule has 0 aromatic rings. The number of piperidine rings is 1. The van der Waals surface area contributed by atoms with Crippen LogP contribution >= 0.6 is 0 Å². The SMILES string of the molecule is CC(C)(C)OC(=O)N1CCC(CNCCCCCCO)CC1. The molecule has 0 atom stereocenters. The molecule has 1 saturated heterocycles. The minimum atomic E-state index is -0.411. The molecule has 22 heavy (non-hydrogen) atoms. The first-order valence-corrected chi connectivity index (χ1v) is 8.72. The van der Waals surface area contributed by atoms with Gasteiger partial charge in [-0.2, -0.15) is 0 Å². The Kier molecular flexibility index (Phi) is 8.79. The second-order valence-electron chi connectivity index (χ2n) is 7.25. The van der Waals surface area contributed by atoms with Gasteiger partial charge in [0.25, 0.3) is 0 Å². The summed E-state index contributed by atoms with van der Waals surface area (Å²) in [6, 6.07) is 0. The number of carbonyl (C=O) groups excluding carboxylic acids is 1. The minimum absolute atomic E-state index is 0.178. The third-order valence-electron chi connectivity index (χ3n) is 3.96. The van der Waals surface area contributed by atoms with Crippen molar-refractivity contribution >= 4 is 6.09 Å². The fourth-order valence-electron chi connectivity index (χ4n) is 2.67. The molecule has 1 rings (SSSR count). The number of hydrogen-bond acceptors (Lipinski definition) is 4. The lowest BCUT2D eigenvalue weighted by Crippen LogP contribution is -2.43. The Hall–Kier alpha value is -0.810. The molecule has 1 aliphatic heterocycles. The molecular formula is C17H34N2O3. The van der Waals surface area contributed by atoms with Gasteiger partial charge in [0.05, 0.1) is 0 Å². The molecule has 1 fully saturated rings. The van der Waals surface area contributed by atoms with Crippen molar-refractivity contribution in [3.05, 3.63) is 0 Å². The molecule has 5 nitrogen and oxygen atoms in total. The van der Waals surface area contributed by atoms with Crippen LogP contribution in [0.3, 0.4) is 0 Å². The van der Waals surface area contributed by atoms with E-state index in [2.05, 4.69) is 5.32 Å². The van der Waals surface area contributed by atoms with Crippen LogP contribution in [0.2, 0.25) is 0 Å². The molecule has 5 heteroatoms. The van der Waals surface area contributed by atoms with E-state index in [1.165, 1.54) is 12.8 Å². The number of ether oxygens (including phenoxy) is 1. The first-order chi connectivity index (χ1) is 10.4. The van der Waals surface area contributed by atoms with Crippen molar-refractivity contribution in [1.29, 1.82) is 0 Å². The van der Waals surface area contributed by atoms with Gasteiger partial charge in [0.2, 0.25) is 0 Å². The smallest absolute Gasteiger partial charge is 0.410 e. The van der Waals surface area contributed by atoms with Crippen LogP contribution in [0.1, 0.15) is 59.3 Å². The Bertz CT molecular complexity index is 308. The zero-order valence-electron chi connectivity index (χ0n) is 14.6. The van der Waals surface area contributed by atoms with Crippen LogP contribution in [0.25, 0.3) is 0 Å². The Morgan fingerprint density at radius 3 is 2.41 bits per heavy atom. The highest BCUT2D eigenvalue weighted by Crippen LogP contribution is 2.19. The number of rotatable bonds is 8. The van der Waals surface area contributed by atoms with Gasteiger partial charge >= 0.3 is 6.09 Å².